The van der Waals surface area contributed by atoms with E-state index in [1.807, 2.05) is 6.26 Å². The number of carboxylic acids is 1. The number of nitrogens with two attached hydrogens (primary N) is 2. The summed E-state index contributed by atoms with van der Waals surface area (Å²) in [6.45, 7) is 0. The number of rotatable bonds is 5. The lowest BCUT2D eigenvalue weighted by atomic mass is 10.2. The van der Waals surface area contributed by atoms with Crippen LogP contribution in [0.5, 0.6) is 0 Å². The topological polar surface area (TPSA) is 136 Å². The number of nitrogens with one attached hydrogen (secondary N) is 1. The van der Waals surface area contributed by atoms with Crippen molar-refractivity contribution in [3.8, 4) is 0 Å². The van der Waals surface area contributed by atoms with Gasteiger partial charge in [-0.05, 0) is 24.9 Å². The van der Waals surface area contributed by atoms with Gasteiger partial charge in [0.1, 0.15) is 6.04 Å². The zero-order valence-electron chi connectivity index (χ0n) is 10.2. The maximum absolute atomic E-state index is 10.4. The fourth-order valence-electron chi connectivity index (χ4n) is 1.19. The van der Waals surface area contributed by atoms with Crippen molar-refractivity contribution in [2.75, 3.05) is 12.0 Å². The molecule has 0 saturated carbocycles. The molecule has 6 N–H and O–H groups in total. The second-order valence-corrected chi connectivity index (χ2v) is 4.77. The molecule has 0 aromatic heterocycles. The van der Waals surface area contributed by atoms with Gasteiger partial charge in [0.2, 0.25) is 11.8 Å². The Kier molecular flexibility index (Phi) is 8.14. The summed E-state index contributed by atoms with van der Waals surface area (Å²) in [5, 5.41) is 10.6. The molecule has 2 atom stereocenters. The van der Waals surface area contributed by atoms with Crippen molar-refractivity contribution in [1.29, 1.82) is 0 Å². The van der Waals surface area contributed by atoms with E-state index in [4.69, 9.17) is 16.6 Å². The summed E-state index contributed by atoms with van der Waals surface area (Å²) in [5.41, 5.74) is 10.2. The van der Waals surface area contributed by atoms with Gasteiger partial charge in [-0.3, -0.25) is 9.59 Å². The molecular formula is C10H19N3O4S. The van der Waals surface area contributed by atoms with Gasteiger partial charge in [0.25, 0.3) is 0 Å². The Balaban J connectivity index is 0.000000321. The lowest BCUT2D eigenvalue weighted by molar-refractivity contribution is -0.140. The number of carboxylic acid groups (broad SMARTS) is 1. The molecule has 0 radical (unpaired) electrons. The second kappa shape index (κ2) is 8.76. The molecule has 0 aliphatic carbocycles. The first kappa shape index (κ1) is 16.7. The van der Waals surface area contributed by atoms with Crippen molar-refractivity contribution in [1.82, 2.24) is 5.32 Å². The summed E-state index contributed by atoms with van der Waals surface area (Å²) < 4.78 is 0. The molecule has 1 fully saturated rings. The van der Waals surface area contributed by atoms with Crippen LogP contribution in [0.3, 0.4) is 0 Å². The first-order chi connectivity index (χ1) is 8.38. The monoisotopic (exact) mass is 277 g/mol. The molecule has 1 aliphatic rings. The minimum atomic E-state index is -0.944. The lowest BCUT2D eigenvalue weighted by Gasteiger charge is -2.03. The summed E-state index contributed by atoms with van der Waals surface area (Å²) in [7, 11) is 0. The predicted molar refractivity (Wildman–Crippen MR) is 69.0 cm³/mol. The quantitative estimate of drug-likeness (QED) is 0.504. The van der Waals surface area contributed by atoms with E-state index in [1.54, 1.807) is 11.8 Å². The van der Waals surface area contributed by atoms with E-state index in [1.165, 1.54) is 0 Å². The van der Waals surface area contributed by atoms with Gasteiger partial charge in [-0.25, -0.2) is 4.79 Å². The normalized spacial score (nSPS) is 19.4. The Morgan fingerprint density at radius 2 is 2.22 bits per heavy atom. The molecule has 1 saturated heterocycles. The van der Waals surface area contributed by atoms with Crippen molar-refractivity contribution in [2.24, 2.45) is 11.5 Å². The van der Waals surface area contributed by atoms with Gasteiger partial charge in [-0.1, -0.05) is 0 Å². The maximum Gasteiger partial charge on any atom is 0.326 e. The van der Waals surface area contributed by atoms with Crippen molar-refractivity contribution in [2.45, 2.75) is 31.3 Å². The third-order valence-electron chi connectivity index (χ3n) is 2.29. The zero-order valence-corrected chi connectivity index (χ0v) is 11.0. The van der Waals surface area contributed by atoms with Crippen LogP contribution < -0.4 is 16.8 Å². The summed E-state index contributed by atoms with van der Waals surface area (Å²) in [4.78, 5) is 30.8. The number of primary amides is 1. The van der Waals surface area contributed by atoms with Crippen LogP contribution in [-0.2, 0) is 14.4 Å². The molecule has 1 rings (SSSR count). The minimum Gasteiger partial charge on any atom is -0.480 e. The summed E-state index contributed by atoms with van der Waals surface area (Å²) in [6, 6.07) is -1.10. The van der Waals surface area contributed by atoms with Crippen LogP contribution in [-0.4, -0.2) is 47.0 Å². The van der Waals surface area contributed by atoms with Crippen molar-refractivity contribution in [3.05, 3.63) is 0 Å². The first-order valence-corrected chi connectivity index (χ1v) is 6.83. The van der Waals surface area contributed by atoms with Gasteiger partial charge in [0.15, 0.2) is 0 Å². The Hall–Kier alpha value is -1.28. The molecule has 8 heteroatoms. The molecule has 1 aliphatic heterocycles. The number of carbonyl (C=O) groups is 3. The van der Waals surface area contributed by atoms with E-state index in [0.29, 0.717) is 19.3 Å². The van der Waals surface area contributed by atoms with Gasteiger partial charge in [-0.2, -0.15) is 11.8 Å². The van der Waals surface area contributed by atoms with Crippen LogP contribution in [0.4, 0.5) is 0 Å². The Labute approximate surface area is 110 Å². The molecule has 18 heavy (non-hydrogen) atoms. The van der Waals surface area contributed by atoms with Crippen molar-refractivity contribution >= 4 is 29.5 Å². The molecular weight excluding hydrogens is 258 g/mol. The molecule has 0 bridgehead atoms. The van der Waals surface area contributed by atoms with Crippen molar-refractivity contribution < 1.29 is 19.5 Å². The summed E-state index contributed by atoms with van der Waals surface area (Å²) in [5.74, 6) is -0.628. The number of amides is 2. The van der Waals surface area contributed by atoms with Crippen LogP contribution in [0.25, 0.3) is 0 Å². The third-order valence-corrected chi connectivity index (χ3v) is 2.94. The van der Waals surface area contributed by atoms with E-state index >= 15 is 0 Å². The number of carbonyl (C=O) groups excluding carboxylic acids is 2. The Morgan fingerprint density at radius 1 is 1.61 bits per heavy atom. The standard InChI is InChI=1S/C5H12N2OS.C5H7NO3/c1-9-3-2-4(6)5(7)8;7-4-2-1-3(6-4)5(8)9/h4H,2-3,6H2,1H3,(H2,7,8);3H,1-2H2,(H,6,7)(H,8,9)/t4-;/m0./s1. The molecule has 0 spiro atoms. The third kappa shape index (κ3) is 7.13. The van der Waals surface area contributed by atoms with Crippen LogP contribution in [0.1, 0.15) is 19.3 Å². The molecule has 2 amide bonds. The molecule has 104 valence electrons. The van der Waals surface area contributed by atoms with Crippen LogP contribution >= 0.6 is 11.8 Å². The number of hydrogen-bond acceptors (Lipinski definition) is 5. The Morgan fingerprint density at radius 3 is 2.50 bits per heavy atom. The van der Waals surface area contributed by atoms with Crippen LogP contribution in [0.2, 0.25) is 0 Å². The van der Waals surface area contributed by atoms with Crippen LogP contribution in [0.15, 0.2) is 0 Å². The van der Waals surface area contributed by atoms with Gasteiger partial charge >= 0.3 is 5.97 Å². The Bertz CT molecular complexity index is 311. The maximum atomic E-state index is 10.4. The van der Waals surface area contributed by atoms with E-state index in [-0.39, 0.29) is 5.91 Å². The summed E-state index contributed by atoms with van der Waals surface area (Å²) in [6.07, 6.45) is 3.41. The van der Waals surface area contributed by atoms with Gasteiger partial charge < -0.3 is 21.9 Å². The highest BCUT2D eigenvalue weighted by atomic mass is 32.2. The number of aliphatic carboxylic acids is 1. The molecule has 7 nitrogen and oxygen atoms in total. The zero-order chi connectivity index (χ0) is 14.1. The van der Waals surface area contributed by atoms with E-state index in [2.05, 4.69) is 5.32 Å². The highest BCUT2D eigenvalue weighted by Crippen LogP contribution is 2.05. The molecule has 0 aromatic rings. The van der Waals surface area contributed by atoms with Gasteiger partial charge in [0, 0.05) is 6.42 Å². The summed E-state index contributed by atoms with van der Waals surface area (Å²) >= 11 is 1.66. The highest BCUT2D eigenvalue weighted by Gasteiger charge is 2.26. The highest BCUT2D eigenvalue weighted by molar-refractivity contribution is 7.98. The van der Waals surface area contributed by atoms with Crippen LogP contribution in [0, 0.1) is 0 Å². The molecule has 1 heterocycles. The number of hydrogen-bond donors (Lipinski definition) is 4. The van der Waals surface area contributed by atoms with Gasteiger partial charge in [-0.15, -0.1) is 0 Å². The first-order valence-electron chi connectivity index (χ1n) is 5.44. The largest absolute Gasteiger partial charge is 0.480 e. The predicted octanol–water partition coefficient (Wildman–Crippen LogP) is -1.10. The van der Waals surface area contributed by atoms with Crippen molar-refractivity contribution in [3.63, 3.8) is 0 Å². The van der Waals surface area contributed by atoms with E-state index in [9.17, 15) is 14.4 Å². The average Bonchev–Trinajstić information content (AvgIpc) is 2.73. The van der Waals surface area contributed by atoms with E-state index < -0.39 is 24.0 Å². The SMILES string of the molecule is CSCC[C@H](N)C(N)=O.O=C1CCC(C(=O)O)N1. The molecule has 0 aromatic carbocycles. The lowest BCUT2D eigenvalue weighted by Crippen LogP contribution is -2.36. The molecule has 1 unspecified atom stereocenters. The fourth-order valence-corrected chi connectivity index (χ4v) is 1.68. The second-order valence-electron chi connectivity index (χ2n) is 3.79. The van der Waals surface area contributed by atoms with E-state index in [0.717, 1.165) is 5.75 Å². The van der Waals surface area contributed by atoms with Gasteiger partial charge in [0.05, 0.1) is 6.04 Å². The fraction of sp³-hybridized carbons (Fsp3) is 0.700. The average molecular weight is 277 g/mol. The number of thioether (sulfide) groups is 1. The minimum absolute atomic E-state index is 0.164. The smallest absolute Gasteiger partial charge is 0.326 e.